The molecule has 15 nitrogen and oxygen atoms in total. The van der Waals surface area contributed by atoms with Crippen LogP contribution in [-0.4, -0.2) is 85.4 Å². The molecule has 0 saturated carbocycles. The first kappa shape index (κ1) is 31.7. The number of nitrogens with zero attached hydrogens (tertiary/aromatic N) is 4. The molecule has 240 valence electrons. The number of H-pyrrole nitrogens is 1. The lowest BCUT2D eigenvalue weighted by Crippen LogP contribution is -2.42. The van der Waals surface area contributed by atoms with Gasteiger partial charge in [-0.05, 0) is 43.0 Å². The number of ether oxygens (including phenoxy) is 2. The number of imidazole rings is 1. The minimum atomic E-state index is -1.26. The maximum atomic E-state index is 13.2. The molecule has 4 aromatic rings. The molecular formula is C31H33N7O8. The predicted molar refractivity (Wildman–Crippen MR) is 165 cm³/mol. The molecule has 0 atom stereocenters. The molecule has 4 N–H and O–H groups in total. The maximum Gasteiger partial charge on any atom is 0.414 e. The Morgan fingerprint density at radius 2 is 1.67 bits per heavy atom. The molecule has 0 saturated heterocycles. The first-order valence-electron chi connectivity index (χ1n) is 14.4. The summed E-state index contributed by atoms with van der Waals surface area (Å²) in [7, 11) is 0. The van der Waals surface area contributed by atoms with E-state index in [4.69, 9.17) is 9.47 Å². The minimum Gasteiger partial charge on any atom is -0.480 e. The van der Waals surface area contributed by atoms with E-state index in [1.54, 1.807) is 20.8 Å². The van der Waals surface area contributed by atoms with Crippen molar-refractivity contribution in [2.75, 3.05) is 31.6 Å². The Balaban J connectivity index is 1.19. The molecule has 0 bridgehead atoms. The molecule has 0 aliphatic heterocycles. The van der Waals surface area contributed by atoms with Crippen LogP contribution < -0.4 is 16.2 Å². The molecule has 15 heteroatoms. The number of nitrogens with one attached hydrogen (secondary N) is 3. The van der Waals surface area contributed by atoms with Gasteiger partial charge in [0.15, 0.2) is 11.2 Å². The molecule has 2 aromatic carbocycles. The molecular weight excluding hydrogens is 598 g/mol. The quantitative estimate of drug-likeness (QED) is 0.202. The van der Waals surface area contributed by atoms with Crippen LogP contribution in [0.15, 0.2) is 59.7 Å². The normalized spacial score (nSPS) is 12.2. The van der Waals surface area contributed by atoms with E-state index in [1.807, 2.05) is 48.5 Å². The molecule has 46 heavy (non-hydrogen) atoms. The number of aromatic nitrogens is 4. The molecule has 2 heterocycles. The third kappa shape index (κ3) is 7.31. The summed E-state index contributed by atoms with van der Waals surface area (Å²) in [6.45, 7) is 3.83. The third-order valence-electron chi connectivity index (χ3n) is 7.07. The zero-order valence-electron chi connectivity index (χ0n) is 25.4. The molecule has 0 unspecified atom stereocenters. The van der Waals surface area contributed by atoms with Gasteiger partial charge in [-0.25, -0.2) is 14.6 Å². The summed E-state index contributed by atoms with van der Waals surface area (Å²) in [6, 6.07) is 15.9. The van der Waals surface area contributed by atoms with E-state index in [2.05, 4.69) is 25.6 Å². The summed E-state index contributed by atoms with van der Waals surface area (Å²) < 4.78 is 11.9. The van der Waals surface area contributed by atoms with E-state index < -0.39 is 48.3 Å². The van der Waals surface area contributed by atoms with Crippen LogP contribution in [0.4, 0.5) is 15.5 Å². The number of fused-ring (bicyclic) bond motifs is 4. The Hall–Kier alpha value is -5.73. The van der Waals surface area contributed by atoms with Crippen LogP contribution >= 0.6 is 0 Å². The van der Waals surface area contributed by atoms with Crippen LogP contribution in [0.1, 0.15) is 37.8 Å². The van der Waals surface area contributed by atoms with Crippen LogP contribution in [0.3, 0.4) is 0 Å². The van der Waals surface area contributed by atoms with E-state index >= 15 is 0 Å². The Bertz CT molecular complexity index is 1810. The molecule has 0 radical (unpaired) electrons. The number of carboxylic acids is 1. The Morgan fingerprint density at radius 1 is 1.02 bits per heavy atom. The van der Waals surface area contributed by atoms with E-state index in [-0.39, 0.29) is 42.7 Å². The highest BCUT2D eigenvalue weighted by Gasteiger charge is 2.29. The lowest BCUT2D eigenvalue weighted by atomic mass is 9.98. The smallest absolute Gasteiger partial charge is 0.414 e. The number of aromatic amines is 1. The molecule has 3 amide bonds. The molecule has 5 rings (SSSR count). The number of aliphatic carboxylic acids is 1. The van der Waals surface area contributed by atoms with Crippen molar-refractivity contribution in [1.29, 1.82) is 0 Å². The fourth-order valence-electron chi connectivity index (χ4n) is 5.17. The minimum absolute atomic E-state index is 0.0183. The highest BCUT2D eigenvalue weighted by molar-refractivity contribution is 5.85. The van der Waals surface area contributed by atoms with Gasteiger partial charge < -0.3 is 29.4 Å². The second kappa shape index (κ2) is 13.1. The second-order valence-electron chi connectivity index (χ2n) is 11.5. The summed E-state index contributed by atoms with van der Waals surface area (Å²) in [6.07, 6.45) is -0.358. The van der Waals surface area contributed by atoms with E-state index in [9.17, 15) is 29.1 Å². The van der Waals surface area contributed by atoms with Gasteiger partial charge in [0.25, 0.3) is 5.56 Å². The first-order valence-corrected chi connectivity index (χ1v) is 14.4. The van der Waals surface area contributed by atoms with Gasteiger partial charge in [0.05, 0.1) is 6.33 Å². The number of hydrogen-bond donors (Lipinski definition) is 4. The van der Waals surface area contributed by atoms with Gasteiger partial charge in [0.2, 0.25) is 11.9 Å². The van der Waals surface area contributed by atoms with Crippen LogP contribution in [0.25, 0.3) is 22.3 Å². The monoisotopic (exact) mass is 631 g/mol. The molecule has 0 fully saturated rings. The van der Waals surface area contributed by atoms with Gasteiger partial charge in [-0.2, -0.15) is 4.98 Å². The van der Waals surface area contributed by atoms with Gasteiger partial charge in [0.1, 0.15) is 25.3 Å². The van der Waals surface area contributed by atoms with Crippen molar-refractivity contribution in [1.82, 2.24) is 29.7 Å². The number of carbonyl (C=O) groups is 4. The summed E-state index contributed by atoms with van der Waals surface area (Å²) in [4.78, 5) is 73.5. The van der Waals surface area contributed by atoms with Crippen LogP contribution in [0.2, 0.25) is 0 Å². The first-order chi connectivity index (χ1) is 21.9. The van der Waals surface area contributed by atoms with Gasteiger partial charge in [0, 0.05) is 19.0 Å². The van der Waals surface area contributed by atoms with Gasteiger partial charge in [-0.1, -0.05) is 48.5 Å². The third-order valence-corrected chi connectivity index (χ3v) is 7.07. The number of benzene rings is 2. The number of carbonyl (C=O) groups excluding carboxylic acids is 3. The van der Waals surface area contributed by atoms with Crippen LogP contribution in [0.5, 0.6) is 0 Å². The number of anilines is 1. The van der Waals surface area contributed by atoms with Crippen molar-refractivity contribution in [3.8, 4) is 11.1 Å². The number of rotatable bonds is 10. The van der Waals surface area contributed by atoms with Crippen molar-refractivity contribution >= 4 is 41.2 Å². The van der Waals surface area contributed by atoms with Gasteiger partial charge in [-0.15, -0.1) is 0 Å². The molecule has 1 aliphatic rings. The van der Waals surface area contributed by atoms with Crippen molar-refractivity contribution in [2.24, 2.45) is 0 Å². The molecule has 0 spiro atoms. The number of alkyl carbamates (subject to hydrolysis) is 1. The van der Waals surface area contributed by atoms with Crippen LogP contribution in [0, 0.1) is 0 Å². The maximum absolute atomic E-state index is 13.2. The zero-order valence-corrected chi connectivity index (χ0v) is 25.4. The lowest BCUT2D eigenvalue weighted by molar-refractivity contribution is -0.144. The topological polar surface area (TPSA) is 198 Å². The summed E-state index contributed by atoms with van der Waals surface area (Å²) in [5, 5.41) is 14.3. The van der Waals surface area contributed by atoms with Gasteiger partial charge in [-0.3, -0.25) is 24.7 Å². The fraction of sp³-hybridized carbons (Fsp3) is 0.323. The van der Waals surface area contributed by atoms with E-state index in [0.717, 1.165) is 27.2 Å². The molecule has 2 aromatic heterocycles. The number of amides is 3. The van der Waals surface area contributed by atoms with Gasteiger partial charge >= 0.3 is 18.2 Å². The Morgan fingerprint density at radius 3 is 2.30 bits per heavy atom. The Labute approximate surface area is 262 Å². The summed E-state index contributed by atoms with van der Waals surface area (Å²) in [5.41, 5.74) is 2.73. The fourth-order valence-corrected chi connectivity index (χ4v) is 5.17. The van der Waals surface area contributed by atoms with Crippen molar-refractivity contribution in [3.63, 3.8) is 0 Å². The lowest BCUT2D eigenvalue weighted by Gasteiger charge is -2.21. The Kier molecular flexibility index (Phi) is 9.02. The number of carboxylic acid groups (broad SMARTS) is 1. The zero-order chi connectivity index (χ0) is 33.0. The average molecular weight is 632 g/mol. The predicted octanol–water partition coefficient (Wildman–Crippen LogP) is 2.92. The molecule has 1 aliphatic carbocycles. The van der Waals surface area contributed by atoms with E-state index in [1.165, 1.54) is 10.9 Å². The van der Waals surface area contributed by atoms with Crippen LogP contribution in [-0.2, 0) is 25.6 Å². The summed E-state index contributed by atoms with van der Waals surface area (Å²) in [5.74, 6) is -2.26. The van der Waals surface area contributed by atoms with E-state index in [0.29, 0.717) is 0 Å². The summed E-state index contributed by atoms with van der Waals surface area (Å²) >= 11 is 0. The highest BCUT2D eigenvalue weighted by Crippen LogP contribution is 2.44. The van der Waals surface area contributed by atoms with Crippen molar-refractivity contribution in [2.45, 2.75) is 38.8 Å². The highest BCUT2D eigenvalue weighted by atomic mass is 16.6. The SMILES string of the molecule is CC(C)(C)OC(=O)Nc1nc2c(ncn2CC(=O)N(CCNC(=O)OCC2c3ccccc3-c3ccccc32)CC(=O)O)c(=O)[nH]1. The standard InChI is InChI=1S/C31H33N7O8/c1-31(2,3)46-30(44)36-28-34-26-25(27(42)35-28)33-17-38(26)14-23(39)37(15-24(40)41)13-12-32-29(43)45-16-22-20-10-6-4-8-18(20)19-9-5-7-11-21(19)22/h4-11,17,22H,12-16H2,1-3H3,(H,32,43)(H,40,41)(H2,34,35,36,42,44). The second-order valence-corrected chi connectivity index (χ2v) is 11.5. The number of hydrogen-bond acceptors (Lipinski definition) is 9. The van der Waals surface area contributed by atoms with Crippen molar-refractivity contribution in [3.05, 3.63) is 76.3 Å². The van der Waals surface area contributed by atoms with Crippen molar-refractivity contribution < 1.29 is 33.8 Å². The average Bonchev–Trinajstić information content (AvgIpc) is 3.53. The largest absolute Gasteiger partial charge is 0.480 e.